The van der Waals surface area contributed by atoms with Crippen LogP contribution in [0, 0.1) is 0 Å². The number of hydrogen-bond donors (Lipinski definition) is 0. The van der Waals surface area contributed by atoms with Gasteiger partial charge in [0, 0.05) is 12.3 Å². The van der Waals surface area contributed by atoms with Crippen molar-refractivity contribution in [3.8, 4) is 17.6 Å². The van der Waals surface area contributed by atoms with Crippen molar-refractivity contribution in [2.75, 3.05) is 41.0 Å². The minimum atomic E-state index is -1.75. The predicted octanol–water partition coefficient (Wildman–Crippen LogP) is 4.05. The first-order chi connectivity index (χ1) is 15.6. The van der Waals surface area contributed by atoms with Crippen LogP contribution in [-0.2, 0) is 14.4 Å². The van der Waals surface area contributed by atoms with Crippen molar-refractivity contribution in [2.45, 2.75) is 0 Å². The highest BCUT2D eigenvalue weighted by molar-refractivity contribution is 6.45. The van der Waals surface area contributed by atoms with Crippen LogP contribution in [0.5, 0.6) is 17.6 Å². The van der Waals surface area contributed by atoms with E-state index in [0.717, 1.165) is 0 Å². The highest BCUT2D eigenvalue weighted by atomic mass is 19.3. The molecule has 9 nitrogen and oxygen atoms in total. The summed E-state index contributed by atoms with van der Waals surface area (Å²) in [5.74, 6) is 0.566. The molecule has 176 valence electrons. The lowest BCUT2D eigenvalue weighted by atomic mass is 10.1. The zero-order chi connectivity index (χ0) is 23.6. The number of rotatable bonds is 7. The van der Waals surface area contributed by atoms with Crippen LogP contribution in [0.1, 0.15) is 5.56 Å². The first kappa shape index (κ1) is 26.3. The van der Waals surface area contributed by atoms with E-state index < -0.39 is 20.7 Å². The van der Waals surface area contributed by atoms with E-state index >= 15 is 0 Å². The van der Waals surface area contributed by atoms with E-state index in [4.69, 9.17) is 23.9 Å². The molecule has 0 aliphatic carbocycles. The Bertz CT molecular complexity index is 858. The molecule has 0 radical (unpaired) electrons. The average molecular weight is 466 g/mol. The lowest BCUT2D eigenvalue weighted by Gasteiger charge is -2.16. The first-order valence-electron chi connectivity index (χ1n) is 8.62. The molecule has 1 aromatic carbocycles. The minimum absolute atomic E-state index is 0.0251. The second-order valence-electron chi connectivity index (χ2n) is 4.93. The number of halogens is 5. The molecule has 14 heteroatoms. The Labute approximate surface area is 179 Å². The maximum atomic E-state index is 12.3. The summed E-state index contributed by atoms with van der Waals surface area (Å²) in [7, 11) is 1.40. The highest BCUT2D eigenvalue weighted by Crippen LogP contribution is 2.25. The van der Waals surface area contributed by atoms with Gasteiger partial charge < -0.3 is 23.9 Å². The van der Waals surface area contributed by atoms with Crippen molar-refractivity contribution in [1.82, 2.24) is 9.97 Å². The van der Waals surface area contributed by atoms with Gasteiger partial charge in [0.05, 0.1) is 5.56 Å². The van der Waals surface area contributed by atoms with Gasteiger partial charge in [0.2, 0.25) is 26.6 Å². The van der Waals surface area contributed by atoms with Gasteiger partial charge in [0.15, 0.2) is 12.3 Å². The average Bonchev–Trinajstić information content (AvgIpc) is 2.80. The Morgan fingerprint density at radius 2 is 1.78 bits per heavy atom. The molecule has 32 heavy (non-hydrogen) atoms. The second kappa shape index (κ2) is 16.0. The number of hydrogen-bond acceptors (Lipinski definition) is 9. The molecule has 0 fully saturated rings. The van der Waals surface area contributed by atoms with Crippen LogP contribution in [0.25, 0.3) is 0 Å². The standard InChI is InChI=1S/C16H15FN4O5.2CH2F2/c1-22-20-14(15-21-25-9-8-23-15)11-4-2-3-5-12(11)26-16-18-7-6-13(19-16)24-10-17;2*2-1-3/h2-7H,8-10H2,1H3;2*1H2/b20-14-;;. The van der Waals surface area contributed by atoms with Gasteiger partial charge in [-0.2, -0.15) is 4.98 Å². The number of alkyl halides is 5. The zero-order valence-electron chi connectivity index (χ0n) is 16.7. The van der Waals surface area contributed by atoms with Crippen LogP contribution in [-0.4, -0.2) is 62.6 Å². The maximum Gasteiger partial charge on any atom is 0.325 e. The number of nitrogens with zero attached hydrogens (tertiary/aromatic N) is 4. The Kier molecular flexibility index (Phi) is 13.2. The molecular weight excluding hydrogens is 447 g/mol. The summed E-state index contributed by atoms with van der Waals surface area (Å²) < 4.78 is 66.7. The van der Waals surface area contributed by atoms with Gasteiger partial charge in [-0.3, -0.25) is 0 Å². The molecule has 1 aliphatic heterocycles. The van der Waals surface area contributed by atoms with Crippen molar-refractivity contribution in [1.29, 1.82) is 0 Å². The zero-order valence-corrected chi connectivity index (χ0v) is 16.7. The fraction of sp³-hybridized carbons (Fsp3) is 0.333. The van der Waals surface area contributed by atoms with Crippen molar-refractivity contribution in [3.05, 3.63) is 42.1 Å². The molecule has 0 bridgehead atoms. The Morgan fingerprint density at radius 1 is 1.06 bits per heavy atom. The Morgan fingerprint density at radius 3 is 2.41 bits per heavy atom. The summed E-state index contributed by atoms with van der Waals surface area (Å²) in [6, 6.07) is 8.33. The fourth-order valence-electron chi connectivity index (χ4n) is 2.07. The molecule has 1 aliphatic rings. The number of para-hydroxylation sites is 1. The third-order valence-corrected chi connectivity index (χ3v) is 3.10. The molecule has 0 spiro atoms. The van der Waals surface area contributed by atoms with E-state index in [9.17, 15) is 22.0 Å². The molecule has 0 saturated carbocycles. The third-order valence-electron chi connectivity index (χ3n) is 3.10. The molecular formula is C18H19F5N4O5. The van der Waals surface area contributed by atoms with E-state index in [1.54, 1.807) is 24.3 Å². The van der Waals surface area contributed by atoms with Gasteiger partial charge in [0.1, 0.15) is 19.5 Å². The van der Waals surface area contributed by atoms with Gasteiger partial charge in [0.25, 0.3) is 5.90 Å². The van der Waals surface area contributed by atoms with Crippen molar-refractivity contribution >= 4 is 11.6 Å². The molecule has 3 rings (SSSR count). The van der Waals surface area contributed by atoms with Crippen LogP contribution in [0.2, 0.25) is 0 Å². The lowest BCUT2D eigenvalue weighted by molar-refractivity contribution is 0.0672. The molecule has 1 aromatic heterocycles. The predicted molar refractivity (Wildman–Crippen MR) is 102 cm³/mol. The number of benzene rings is 1. The van der Waals surface area contributed by atoms with Gasteiger partial charge in [-0.15, -0.1) is 0 Å². The normalized spacial score (nSPS) is 12.4. The van der Waals surface area contributed by atoms with Crippen molar-refractivity contribution in [2.24, 2.45) is 10.3 Å². The number of aromatic nitrogens is 2. The summed E-state index contributed by atoms with van der Waals surface area (Å²) in [5, 5.41) is 7.80. The van der Waals surface area contributed by atoms with Gasteiger partial charge in [-0.05, 0) is 17.3 Å². The lowest BCUT2D eigenvalue weighted by Crippen LogP contribution is -2.25. The monoisotopic (exact) mass is 466 g/mol. The van der Waals surface area contributed by atoms with Crippen molar-refractivity contribution < 1.29 is 45.8 Å². The smallest absolute Gasteiger partial charge is 0.325 e. The molecule has 0 atom stereocenters. The van der Waals surface area contributed by atoms with E-state index in [1.807, 2.05) is 0 Å². The fourth-order valence-corrected chi connectivity index (χ4v) is 2.07. The summed E-state index contributed by atoms with van der Waals surface area (Å²) >= 11 is 0. The Hall–Kier alpha value is -3.71. The SMILES string of the molecule is CO/N=C(\C1=NOCCO1)c1ccccc1Oc1nccc(OCF)n1.FCF.FCF. The van der Waals surface area contributed by atoms with Crippen LogP contribution in [0.15, 0.2) is 46.8 Å². The van der Waals surface area contributed by atoms with E-state index in [0.29, 0.717) is 24.5 Å². The Balaban J connectivity index is 0.000000769. The number of oxime groups is 2. The van der Waals surface area contributed by atoms with E-state index in [2.05, 4.69) is 20.3 Å². The second-order valence-corrected chi connectivity index (χ2v) is 4.93. The highest BCUT2D eigenvalue weighted by Gasteiger charge is 2.22. The van der Waals surface area contributed by atoms with Gasteiger partial charge >= 0.3 is 6.01 Å². The molecule has 0 saturated heterocycles. The first-order valence-corrected chi connectivity index (χ1v) is 8.62. The summed E-state index contributed by atoms with van der Waals surface area (Å²) in [6.07, 6.45) is 1.39. The molecule has 2 aromatic rings. The van der Waals surface area contributed by atoms with E-state index in [1.165, 1.54) is 19.4 Å². The number of ether oxygens (including phenoxy) is 3. The molecule has 0 amide bonds. The minimum Gasteiger partial charge on any atom is -0.470 e. The van der Waals surface area contributed by atoms with Crippen LogP contribution in [0.4, 0.5) is 22.0 Å². The van der Waals surface area contributed by atoms with Gasteiger partial charge in [-0.1, -0.05) is 17.3 Å². The topological polar surface area (TPSA) is 96.7 Å². The molecule has 0 unspecified atom stereocenters. The van der Waals surface area contributed by atoms with Gasteiger partial charge in [-0.25, -0.2) is 26.9 Å². The van der Waals surface area contributed by atoms with Crippen LogP contribution < -0.4 is 9.47 Å². The van der Waals surface area contributed by atoms with Crippen molar-refractivity contribution in [3.63, 3.8) is 0 Å². The quantitative estimate of drug-likeness (QED) is 0.345. The molecule has 2 heterocycles. The summed E-state index contributed by atoms with van der Waals surface area (Å²) in [5.41, 5.74) is 0.790. The summed E-state index contributed by atoms with van der Waals surface area (Å²) in [6.45, 7) is -3.83. The third kappa shape index (κ3) is 8.97. The molecule has 0 N–H and O–H groups in total. The summed E-state index contributed by atoms with van der Waals surface area (Å²) in [4.78, 5) is 17.9. The van der Waals surface area contributed by atoms with E-state index in [-0.39, 0.29) is 23.5 Å². The van der Waals surface area contributed by atoms with Crippen LogP contribution >= 0.6 is 0 Å². The largest absolute Gasteiger partial charge is 0.470 e. The van der Waals surface area contributed by atoms with Crippen LogP contribution in [0.3, 0.4) is 0 Å². The maximum absolute atomic E-state index is 12.3.